The molecule has 1 aromatic heterocycles. The van der Waals surface area contributed by atoms with E-state index >= 15 is 0 Å². The van der Waals surface area contributed by atoms with Crippen LogP contribution in [0.5, 0.6) is 0 Å². The van der Waals surface area contributed by atoms with Crippen molar-refractivity contribution in [1.82, 2.24) is 9.88 Å². The van der Waals surface area contributed by atoms with E-state index < -0.39 is 23.7 Å². The van der Waals surface area contributed by atoms with Crippen LogP contribution in [-0.4, -0.2) is 35.0 Å². The highest BCUT2D eigenvalue weighted by Crippen LogP contribution is 2.30. The molecule has 2 amide bonds. The fourth-order valence-electron chi connectivity index (χ4n) is 2.18. The summed E-state index contributed by atoms with van der Waals surface area (Å²) in [5.74, 6) is -0.599. The number of alkyl halides is 3. The van der Waals surface area contributed by atoms with E-state index in [0.717, 1.165) is 18.4 Å². The summed E-state index contributed by atoms with van der Waals surface area (Å²) in [6.45, 7) is 3.35. The number of amides is 2. The van der Waals surface area contributed by atoms with E-state index in [9.17, 15) is 22.8 Å². The molecule has 0 fully saturated rings. The number of benzene rings is 1. The third kappa shape index (κ3) is 5.22. The molecule has 0 saturated heterocycles. The van der Waals surface area contributed by atoms with Crippen molar-refractivity contribution >= 4 is 17.7 Å². The molecule has 27 heavy (non-hydrogen) atoms. The molecule has 2 aromatic rings. The number of anilines is 1. The van der Waals surface area contributed by atoms with Gasteiger partial charge in [0.25, 0.3) is 0 Å². The number of methoxy groups -OCH3 is 1. The minimum Gasteiger partial charge on any atom is -0.464 e. The van der Waals surface area contributed by atoms with Crippen LogP contribution in [0, 0.1) is 0 Å². The van der Waals surface area contributed by atoms with Crippen molar-refractivity contribution in [3.8, 4) is 0 Å². The molecule has 10 heteroatoms. The number of hydrogen-bond donors (Lipinski definition) is 1. The SMILES string of the molecule is COC(=O)c1coc(CN(C(=O)Nc2cccc(C(F)(F)F)c2)C(C)C)n1. The average molecular weight is 385 g/mol. The molecule has 2 rings (SSSR count). The number of ether oxygens (including phenoxy) is 1. The van der Waals surface area contributed by atoms with Crippen molar-refractivity contribution in [2.75, 3.05) is 12.4 Å². The summed E-state index contributed by atoms with van der Waals surface area (Å²) in [6.07, 6.45) is -3.41. The Bertz CT molecular complexity index is 818. The fourth-order valence-corrected chi connectivity index (χ4v) is 2.18. The van der Waals surface area contributed by atoms with Crippen LogP contribution in [-0.2, 0) is 17.5 Å². The summed E-state index contributed by atoms with van der Waals surface area (Å²) in [6, 6.07) is 3.36. The lowest BCUT2D eigenvalue weighted by Crippen LogP contribution is -2.39. The van der Waals surface area contributed by atoms with Crippen LogP contribution in [0.2, 0.25) is 0 Å². The molecule has 0 aliphatic heterocycles. The van der Waals surface area contributed by atoms with Crippen LogP contribution in [0.15, 0.2) is 34.9 Å². The Morgan fingerprint density at radius 3 is 2.63 bits per heavy atom. The topological polar surface area (TPSA) is 84.7 Å². The lowest BCUT2D eigenvalue weighted by atomic mass is 10.2. The Labute approximate surface area is 153 Å². The second-order valence-electron chi connectivity index (χ2n) is 5.85. The van der Waals surface area contributed by atoms with Crippen molar-refractivity contribution in [3.63, 3.8) is 0 Å². The zero-order valence-electron chi connectivity index (χ0n) is 14.8. The monoisotopic (exact) mass is 385 g/mol. The van der Waals surface area contributed by atoms with E-state index in [0.29, 0.717) is 0 Å². The van der Waals surface area contributed by atoms with Crippen LogP contribution >= 0.6 is 0 Å². The zero-order valence-corrected chi connectivity index (χ0v) is 14.8. The molecule has 0 unspecified atom stereocenters. The first-order chi connectivity index (χ1) is 12.6. The number of nitrogens with one attached hydrogen (secondary N) is 1. The maximum atomic E-state index is 12.8. The molecule has 146 valence electrons. The summed E-state index contributed by atoms with van der Waals surface area (Å²) in [7, 11) is 1.19. The molecule has 0 aliphatic rings. The smallest absolute Gasteiger partial charge is 0.416 e. The molecular weight excluding hydrogens is 367 g/mol. The van der Waals surface area contributed by atoms with Crippen LogP contribution in [0.25, 0.3) is 0 Å². The maximum Gasteiger partial charge on any atom is 0.416 e. The molecule has 0 atom stereocenters. The van der Waals surface area contributed by atoms with Gasteiger partial charge >= 0.3 is 18.2 Å². The molecule has 1 aromatic carbocycles. The number of urea groups is 1. The van der Waals surface area contributed by atoms with E-state index in [4.69, 9.17) is 4.42 Å². The van der Waals surface area contributed by atoms with Gasteiger partial charge in [-0.1, -0.05) is 6.07 Å². The third-order valence-electron chi connectivity index (χ3n) is 3.58. The number of oxazole rings is 1. The number of nitrogens with zero attached hydrogens (tertiary/aromatic N) is 2. The second-order valence-corrected chi connectivity index (χ2v) is 5.85. The fraction of sp³-hybridized carbons (Fsp3) is 0.353. The number of carbonyl (C=O) groups is 2. The first kappa shape index (κ1) is 20.3. The number of halogens is 3. The molecule has 0 saturated carbocycles. The summed E-state index contributed by atoms with van der Waals surface area (Å²) in [5.41, 5.74) is -0.913. The molecule has 1 heterocycles. The van der Waals surface area contributed by atoms with Crippen molar-refractivity contribution < 1.29 is 31.9 Å². The molecular formula is C17H18F3N3O4. The minimum absolute atomic E-state index is 0.00290. The highest BCUT2D eigenvalue weighted by Gasteiger charge is 2.30. The van der Waals surface area contributed by atoms with Gasteiger partial charge in [0.1, 0.15) is 6.26 Å². The van der Waals surface area contributed by atoms with Gasteiger partial charge in [0, 0.05) is 11.7 Å². The number of esters is 1. The number of rotatable bonds is 5. The first-order valence-corrected chi connectivity index (χ1v) is 7.89. The molecule has 1 N–H and O–H groups in total. The van der Waals surface area contributed by atoms with Gasteiger partial charge in [-0.05, 0) is 32.0 Å². The average Bonchev–Trinajstić information content (AvgIpc) is 3.07. The minimum atomic E-state index is -4.51. The summed E-state index contributed by atoms with van der Waals surface area (Å²) >= 11 is 0. The van der Waals surface area contributed by atoms with Gasteiger partial charge in [0.05, 0.1) is 19.2 Å². The Morgan fingerprint density at radius 2 is 2.04 bits per heavy atom. The molecule has 0 aliphatic carbocycles. The largest absolute Gasteiger partial charge is 0.464 e. The van der Waals surface area contributed by atoms with E-state index in [-0.39, 0.29) is 29.9 Å². The van der Waals surface area contributed by atoms with Crippen LogP contribution in [0.4, 0.5) is 23.7 Å². The Hall–Kier alpha value is -3.04. The van der Waals surface area contributed by atoms with Crippen molar-refractivity contribution in [1.29, 1.82) is 0 Å². The van der Waals surface area contributed by atoms with Crippen molar-refractivity contribution in [2.24, 2.45) is 0 Å². The van der Waals surface area contributed by atoms with Crippen LogP contribution in [0.1, 0.15) is 35.8 Å². The summed E-state index contributed by atoms with van der Waals surface area (Å²) < 4.78 is 48.1. The van der Waals surface area contributed by atoms with Crippen molar-refractivity contribution in [3.05, 3.63) is 47.7 Å². The Morgan fingerprint density at radius 1 is 1.33 bits per heavy atom. The van der Waals surface area contributed by atoms with E-state index in [1.807, 2.05) is 0 Å². The maximum absolute atomic E-state index is 12.8. The predicted octanol–water partition coefficient (Wildman–Crippen LogP) is 3.92. The van der Waals surface area contributed by atoms with Gasteiger partial charge in [0.15, 0.2) is 5.69 Å². The number of carbonyl (C=O) groups excluding carboxylic acids is 2. The predicted molar refractivity (Wildman–Crippen MR) is 89.0 cm³/mol. The van der Waals surface area contributed by atoms with Gasteiger partial charge in [0.2, 0.25) is 5.89 Å². The second kappa shape index (κ2) is 8.11. The van der Waals surface area contributed by atoms with Gasteiger partial charge in [-0.3, -0.25) is 0 Å². The molecule has 7 nitrogen and oxygen atoms in total. The van der Waals surface area contributed by atoms with E-state index in [1.54, 1.807) is 13.8 Å². The van der Waals surface area contributed by atoms with E-state index in [1.165, 1.54) is 24.1 Å². The highest BCUT2D eigenvalue weighted by molar-refractivity contribution is 5.89. The quantitative estimate of drug-likeness (QED) is 0.789. The normalized spacial score (nSPS) is 11.4. The molecule has 0 bridgehead atoms. The van der Waals surface area contributed by atoms with Crippen molar-refractivity contribution in [2.45, 2.75) is 32.6 Å². The van der Waals surface area contributed by atoms with Gasteiger partial charge in [-0.25, -0.2) is 14.6 Å². The number of aromatic nitrogens is 1. The standard InChI is InChI=1S/C17H18F3N3O4/c1-10(2)23(8-14-22-13(9-27-14)15(24)26-3)16(25)21-12-6-4-5-11(7-12)17(18,19)20/h4-7,9-10H,8H2,1-3H3,(H,21,25). The van der Waals surface area contributed by atoms with Gasteiger partial charge < -0.3 is 19.4 Å². The summed E-state index contributed by atoms with van der Waals surface area (Å²) in [5, 5.41) is 2.42. The zero-order chi connectivity index (χ0) is 20.2. The van der Waals surface area contributed by atoms with Crippen LogP contribution in [0.3, 0.4) is 0 Å². The molecule has 0 spiro atoms. The van der Waals surface area contributed by atoms with Gasteiger partial charge in [-0.15, -0.1) is 0 Å². The Balaban J connectivity index is 2.13. The third-order valence-corrected chi connectivity index (χ3v) is 3.58. The first-order valence-electron chi connectivity index (χ1n) is 7.89. The lowest BCUT2D eigenvalue weighted by molar-refractivity contribution is -0.137. The van der Waals surface area contributed by atoms with Crippen LogP contribution < -0.4 is 5.32 Å². The van der Waals surface area contributed by atoms with E-state index in [2.05, 4.69) is 15.0 Å². The Kier molecular flexibility index (Phi) is 6.09. The highest BCUT2D eigenvalue weighted by atomic mass is 19.4. The molecule has 0 radical (unpaired) electrons. The summed E-state index contributed by atoms with van der Waals surface area (Å²) in [4.78, 5) is 29.1. The lowest BCUT2D eigenvalue weighted by Gasteiger charge is -2.25. The number of hydrogen-bond acceptors (Lipinski definition) is 5. The van der Waals surface area contributed by atoms with Gasteiger partial charge in [-0.2, -0.15) is 13.2 Å².